The molecular weight excluding hydrogens is 248 g/mol. The van der Waals surface area contributed by atoms with Gasteiger partial charge in [-0.2, -0.15) is 0 Å². The number of hydrogen-bond donors (Lipinski definition) is 3. The van der Waals surface area contributed by atoms with Crippen LogP contribution in [-0.2, 0) is 4.79 Å². The molecule has 6 nitrogen and oxygen atoms in total. The monoisotopic (exact) mass is 266 g/mol. The number of carbonyl (C=O) groups excluding carboxylic acids is 1. The minimum atomic E-state index is -0.963. The molecule has 0 aliphatic carbocycles. The molecule has 6 heteroatoms. The van der Waals surface area contributed by atoms with Gasteiger partial charge in [0.2, 0.25) is 0 Å². The molecule has 0 bridgehead atoms. The van der Waals surface area contributed by atoms with Crippen LogP contribution in [0.15, 0.2) is 24.3 Å². The number of aliphatic carboxylic acids is 1. The van der Waals surface area contributed by atoms with Crippen molar-refractivity contribution in [3.8, 4) is 5.75 Å². The summed E-state index contributed by atoms with van der Waals surface area (Å²) in [5, 5.41) is 14.0. The standard InChI is InChI=1S/C13H18N2O4/c1-13(2,8-11(16)17)15-12(18)14-9-4-6-10(19-3)7-5-9/h4-7H,8H2,1-3H3,(H,16,17)(H2,14,15,18). The number of amides is 2. The number of carboxylic acid groups (broad SMARTS) is 1. The van der Waals surface area contributed by atoms with E-state index in [0.717, 1.165) is 0 Å². The first-order chi connectivity index (χ1) is 8.82. The van der Waals surface area contributed by atoms with E-state index in [9.17, 15) is 9.59 Å². The lowest BCUT2D eigenvalue weighted by Crippen LogP contribution is -2.46. The van der Waals surface area contributed by atoms with Crippen molar-refractivity contribution in [1.82, 2.24) is 5.32 Å². The largest absolute Gasteiger partial charge is 0.497 e. The predicted molar refractivity (Wildman–Crippen MR) is 71.5 cm³/mol. The maximum Gasteiger partial charge on any atom is 0.319 e. The van der Waals surface area contributed by atoms with Gasteiger partial charge < -0.3 is 20.5 Å². The Morgan fingerprint density at radius 1 is 1.26 bits per heavy atom. The zero-order valence-corrected chi connectivity index (χ0v) is 11.2. The molecule has 0 saturated heterocycles. The Labute approximate surface area is 111 Å². The van der Waals surface area contributed by atoms with Gasteiger partial charge in [0.25, 0.3) is 0 Å². The van der Waals surface area contributed by atoms with Crippen LogP contribution in [0, 0.1) is 0 Å². The van der Waals surface area contributed by atoms with Crippen molar-refractivity contribution in [2.75, 3.05) is 12.4 Å². The topological polar surface area (TPSA) is 87.7 Å². The van der Waals surface area contributed by atoms with Crippen molar-refractivity contribution >= 4 is 17.7 Å². The molecule has 0 aliphatic rings. The summed E-state index contributed by atoms with van der Waals surface area (Å²) in [6, 6.07) is 6.39. The zero-order valence-electron chi connectivity index (χ0n) is 11.2. The number of rotatable bonds is 5. The zero-order chi connectivity index (χ0) is 14.5. The Kier molecular flexibility index (Phi) is 4.74. The molecule has 1 aromatic rings. The van der Waals surface area contributed by atoms with E-state index in [1.54, 1.807) is 45.2 Å². The highest BCUT2D eigenvalue weighted by Crippen LogP contribution is 2.15. The summed E-state index contributed by atoms with van der Waals surface area (Å²) in [5.41, 5.74) is -0.216. The molecular formula is C13H18N2O4. The van der Waals surface area contributed by atoms with Crippen LogP contribution in [0.25, 0.3) is 0 Å². The van der Waals surface area contributed by atoms with Crippen LogP contribution in [0.4, 0.5) is 10.5 Å². The van der Waals surface area contributed by atoms with Crippen molar-refractivity contribution in [3.05, 3.63) is 24.3 Å². The number of methoxy groups -OCH3 is 1. The lowest BCUT2D eigenvalue weighted by Gasteiger charge is -2.24. The second-order valence-electron chi connectivity index (χ2n) is 4.76. The molecule has 104 valence electrons. The first-order valence-electron chi connectivity index (χ1n) is 5.77. The van der Waals surface area contributed by atoms with E-state index >= 15 is 0 Å². The van der Waals surface area contributed by atoms with Gasteiger partial charge in [0.15, 0.2) is 0 Å². The maximum atomic E-state index is 11.7. The predicted octanol–water partition coefficient (Wildman–Crippen LogP) is 2.07. The normalized spacial score (nSPS) is 10.7. The van der Waals surface area contributed by atoms with Crippen LogP contribution >= 0.6 is 0 Å². The molecule has 0 aliphatic heterocycles. The minimum absolute atomic E-state index is 0.150. The maximum absolute atomic E-state index is 11.7. The van der Waals surface area contributed by atoms with Gasteiger partial charge in [-0.05, 0) is 38.1 Å². The fraction of sp³-hybridized carbons (Fsp3) is 0.385. The summed E-state index contributed by atoms with van der Waals surface area (Å²) >= 11 is 0. The van der Waals surface area contributed by atoms with Gasteiger partial charge in [-0.15, -0.1) is 0 Å². The quantitative estimate of drug-likeness (QED) is 0.761. The van der Waals surface area contributed by atoms with Crippen LogP contribution in [-0.4, -0.2) is 29.8 Å². The average Bonchev–Trinajstić information content (AvgIpc) is 2.27. The third-order valence-corrected chi connectivity index (χ3v) is 2.39. The number of hydrogen-bond acceptors (Lipinski definition) is 3. The summed E-state index contributed by atoms with van der Waals surface area (Å²) in [6.07, 6.45) is -0.150. The fourth-order valence-corrected chi connectivity index (χ4v) is 1.57. The van der Waals surface area contributed by atoms with E-state index in [4.69, 9.17) is 9.84 Å². The van der Waals surface area contributed by atoms with Crippen LogP contribution in [0.1, 0.15) is 20.3 Å². The summed E-state index contributed by atoms with van der Waals surface area (Å²) in [5.74, 6) is -0.271. The number of anilines is 1. The second kappa shape index (κ2) is 6.08. The molecule has 3 N–H and O–H groups in total. The highest BCUT2D eigenvalue weighted by atomic mass is 16.5. The molecule has 1 aromatic carbocycles. The number of ether oxygens (including phenoxy) is 1. The van der Waals surface area contributed by atoms with Crippen molar-refractivity contribution in [1.29, 1.82) is 0 Å². The molecule has 0 saturated carbocycles. The third-order valence-electron chi connectivity index (χ3n) is 2.39. The first-order valence-corrected chi connectivity index (χ1v) is 5.77. The number of carbonyl (C=O) groups is 2. The molecule has 0 radical (unpaired) electrons. The van der Waals surface area contributed by atoms with Gasteiger partial charge in [-0.3, -0.25) is 4.79 Å². The molecule has 1 rings (SSSR count). The Balaban J connectivity index is 2.56. The lowest BCUT2D eigenvalue weighted by molar-refractivity contribution is -0.138. The number of nitrogens with one attached hydrogen (secondary N) is 2. The molecule has 0 aromatic heterocycles. The summed E-state index contributed by atoms with van der Waals surface area (Å²) in [7, 11) is 1.56. The van der Waals surface area contributed by atoms with E-state index in [1.807, 2.05) is 0 Å². The molecule has 0 heterocycles. The molecule has 19 heavy (non-hydrogen) atoms. The summed E-state index contributed by atoms with van der Waals surface area (Å²) in [6.45, 7) is 3.30. The highest BCUT2D eigenvalue weighted by molar-refractivity contribution is 5.90. The Hall–Kier alpha value is -2.24. The molecule has 0 atom stereocenters. The Morgan fingerprint density at radius 3 is 2.32 bits per heavy atom. The van der Waals surface area contributed by atoms with Crippen LogP contribution in [0.2, 0.25) is 0 Å². The van der Waals surface area contributed by atoms with Crippen molar-refractivity contribution < 1.29 is 19.4 Å². The number of urea groups is 1. The Morgan fingerprint density at radius 2 is 1.84 bits per heavy atom. The summed E-state index contributed by atoms with van der Waals surface area (Å²) < 4.78 is 5.00. The van der Waals surface area contributed by atoms with Gasteiger partial charge in [-0.25, -0.2) is 4.79 Å². The van der Waals surface area contributed by atoms with Crippen molar-refractivity contribution in [2.24, 2.45) is 0 Å². The molecule has 0 unspecified atom stereocenters. The van der Waals surface area contributed by atoms with E-state index < -0.39 is 17.5 Å². The average molecular weight is 266 g/mol. The minimum Gasteiger partial charge on any atom is -0.497 e. The van der Waals surface area contributed by atoms with Gasteiger partial charge >= 0.3 is 12.0 Å². The lowest BCUT2D eigenvalue weighted by atomic mass is 10.0. The molecule has 2 amide bonds. The van der Waals surface area contributed by atoms with Crippen molar-refractivity contribution in [3.63, 3.8) is 0 Å². The number of benzene rings is 1. The number of carboxylic acids is 1. The van der Waals surface area contributed by atoms with Gasteiger partial charge in [0.05, 0.1) is 13.5 Å². The first kappa shape index (κ1) is 14.8. The van der Waals surface area contributed by atoms with Crippen molar-refractivity contribution in [2.45, 2.75) is 25.8 Å². The molecule has 0 spiro atoms. The summed E-state index contributed by atoms with van der Waals surface area (Å²) in [4.78, 5) is 22.4. The van der Waals surface area contributed by atoms with Crippen LogP contribution in [0.5, 0.6) is 5.75 Å². The third kappa shape index (κ3) is 5.29. The van der Waals surface area contributed by atoms with E-state index in [2.05, 4.69) is 10.6 Å². The fourth-order valence-electron chi connectivity index (χ4n) is 1.57. The second-order valence-corrected chi connectivity index (χ2v) is 4.76. The SMILES string of the molecule is COc1ccc(NC(=O)NC(C)(C)CC(=O)O)cc1. The van der Waals surface area contributed by atoms with E-state index in [0.29, 0.717) is 11.4 Å². The van der Waals surface area contributed by atoms with E-state index in [-0.39, 0.29) is 6.42 Å². The van der Waals surface area contributed by atoms with Crippen LogP contribution < -0.4 is 15.4 Å². The van der Waals surface area contributed by atoms with Gasteiger partial charge in [0.1, 0.15) is 5.75 Å². The van der Waals surface area contributed by atoms with E-state index in [1.165, 1.54) is 0 Å². The van der Waals surface area contributed by atoms with Gasteiger partial charge in [-0.1, -0.05) is 0 Å². The smallest absolute Gasteiger partial charge is 0.319 e. The van der Waals surface area contributed by atoms with Gasteiger partial charge in [0, 0.05) is 11.2 Å². The highest BCUT2D eigenvalue weighted by Gasteiger charge is 2.23. The Bertz CT molecular complexity index is 454. The van der Waals surface area contributed by atoms with Crippen LogP contribution in [0.3, 0.4) is 0 Å². The molecule has 0 fully saturated rings.